The molecule has 2 unspecified atom stereocenters. The number of hydrogen-bond acceptors (Lipinski definition) is 3. The van der Waals surface area contributed by atoms with Gasteiger partial charge in [-0.3, -0.25) is 0 Å². The van der Waals surface area contributed by atoms with E-state index in [4.69, 9.17) is 5.26 Å². The Morgan fingerprint density at radius 2 is 2.10 bits per heavy atom. The molecule has 3 nitrogen and oxygen atoms in total. The Bertz CT molecular complexity index is 536. The Balaban J connectivity index is 2.31. The molecule has 1 heterocycles. The lowest BCUT2D eigenvalue weighted by atomic mass is 9.95. The van der Waals surface area contributed by atoms with Gasteiger partial charge in [0.25, 0.3) is 0 Å². The molecule has 108 valence electrons. The van der Waals surface area contributed by atoms with Crippen molar-refractivity contribution in [2.75, 3.05) is 18.0 Å². The Morgan fingerprint density at radius 3 is 2.65 bits per heavy atom. The lowest BCUT2D eigenvalue weighted by molar-refractivity contribution is -0.137. The van der Waals surface area contributed by atoms with Crippen LogP contribution in [-0.4, -0.2) is 24.3 Å². The number of nitriles is 1. The second-order valence-corrected chi connectivity index (χ2v) is 5.12. The van der Waals surface area contributed by atoms with Crippen molar-refractivity contribution < 1.29 is 18.3 Å². The molecule has 0 radical (unpaired) electrons. The van der Waals surface area contributed by atoms with Gasteiger partial charge in [-0.25, -0.2) is 0 Å². The molecule has 1 N–H and O–H groups in total. The Labute approximate surface area is 115 Å². The average Bonchev–Trinajstić information content (AvgIpc) is 2.40. The van der Waals surface area contributed by atoms with Gasteiger partial charge in [-0.15, -0.1) is 0 Å². The summed E-state index contributed by atoms with van der Waals surface area (Å²) in [6, 6.07) is 5.04. The summed E-state index contributed by atoms with van der Waals surface area (Å²) in [7, 11) is 0. The van der Waals surface area contributed by atoms with Crippen LogP contribution in [-0.2, 0) is 6.18 Å². The van der Waals surface area contributed by atoms with Gasteiger partial charge < -0.3 is 10.0 Å². The third-order valence-electron chi connectivity index (χ3n) is 3.65. The first kappa shape index (κ1) is 14.7. The molecule has 2 rings (SSSR count). The number of alkyl halides is 3. The van der Waals surface area contributed by atoms with E-state index in [1.54, 1.807) is 0 Å². The maximum absolute atomic E-state index is 12.6. The van der Waals surface area contributed by atoms with Gasteiger partial charge in [-0.05, 0) is 30.5 Å². The van der Waals surface area contributed by atoms with E-state index in [1.165, 1.54) is 6.07 Å². The predicted molar refractivity (Wildman–Crippen MR) is 68.2 cm³/mol. The molecule has 0 spiro atoms. The Hall–Kier alpha value is -1.74. The fourth-order valence-electron chi connectivity index (χ4n) is 2.43. The molecule has 1 aromatic carbocycles. The van der Waals surface area contributed by atoms with Crippen LogP contribution in [0, 0.1) is 17.2 Å². The number of halogens is 3. The molecule has 1 aromatic rings. The third-order valence-corrected chi connectivity index (χ3v) is 3.65. The van der Waals surface area contributed by atoms with Crippen LogP contribution in [0.25, 0.3) is 0 Å². The van der Waals surface area contributed by atoms with Crippen molar-refractivity contribution in [3.63, 3.8) is 0 Å². The van der Waals surface area contributed by atoms with Crippen molar-refractivity contribution in [3.8, 4) is 6.07 Å². The van der Waals surface area contributed by atoms with Gasteiger partial charge in [0.2, 0.25) is 0 Å². The van der Waals surface area contributed by atoms with Crippen molar-refractivity contribution in [3.05, 3.63) is 29.3 Å². The van der Waals surface area contributed by atoms with E-state index in [-0.39, 0.29) is 11.5 Å². The molecular weight excluding hydrogens is 269 g/mol. The van der Waals surface area contributed by atoms with Crippen LogP contribution in [0.1, 0.15) is 24.5 Å². The molecule has 0 amide bonds. The van der Waals surface area contributed by atoms with E-state index in [0.29, 0.717) is 25.2 Å². The van der Waals surface area contributed by atoms with Crippen LogP contribution in [0.2, 0.25) is 0 Å². The van der Waals surface area contributed by atoms with Gasteiger partial charge in [-0.2, -0.15) is 18.4 Å². The maximum atomic E-state index is 12.6. The molecule has 1 aliphatic heterocycles. The molecule has 0 saturated carbocycles. The third kappa shape index (κ3) is 2.88. The Morgan fingerprint density at radius 1 is 1.40 bits per heavy atom. The second kappa shape index (κ2) is 5.33. The SMILES string of the molecule is CC1CN(c2ccc(C(F)(F)F)cc2C#N)CCC1O. The quantitative estimate of drug-likeness (QED) is 0.862. The summed E-state index contributed by atoms with van der Waals surface area (Å²) in [4.78, 5) is 1.86. The maximum Gasteiger partial charge on any atom is 0.416 e. The van der Waals surface area contributed by atoms with E-state index in [1.807, 2.05) is 17.9 Å². The number of hydrogen-bond donors (Lipinski definition) is 1. The summed E-state index contributed by atoms with van der Waals surface area (Å²) in [6.45, 7) is 2.94. The number of benzene rings is 1. The molecule has 0 aromatic heterocycles. The minimum atomic E-state index is -4.45. The summed E-state index contributed by atoms with van der Waals surface area (Å²) >= 11 is 0. The summed E-state index contributed by atoms with van der Waals surface area (Å²) < 4.78 is 37.9. The number of piperidine rings is 1. The summed E-state index contributed by atoms with van der Waals surface area (Å²) in [5, 5.41) is 18.7. The molecule has 6 heteroatoms. The predicted octanol–water partition coefficient (Wildman–Crippen LogP) is 2.78. The van der Waals surface area contributed by atoms with E-state index < -0.39 is 17.8 Å². The number of anilines is 1. The zero-order valence-corrected chi connectivity index (χ0v) is 11.0. The topological polar surface area (TPSA) is 47.3 Å². The number of rotatable bonds is 1. The smallest absolute Gasteiger partial charge is 0.393 e. The summed E-state index contributed by atoms with van der Waals surface area (Å²) in [5.41, 5.74) is -0.300. The molecule has 20 heavy (non-hydrogen) atoms. The largest absolute Gasteiger partial charge is 0.416 e. The van der Waals surface area contributed by atoms with Gasteiger partial charge >= 0.3 is 6.18 Å². The van der Waals surface area contributed by atoms with Crippen LogP contribution in [0.4, 0.5) is 18.9 Å². The van der Waals surface area contributed by atoms with Crippen molar-refractivity contribution in [1.29, 1.82) is 5.26 Å². The van der Waals surface area contributed by atoms with Crippen LogP contribution in [0.15, 0.2) is 18.2 Å². The molecule has 0 aliphatic carbocycles. The second-order valence-electron chi connectivity index (χ2n) is 5.12. The van der Waals surface area contributed by atoms with Crippen LogP contribution in [0.5, 0.6) is 0 Å². The standard InChI is InChI=1S/C14H15F3N2O/c1-9-8-19(5-4-13(9)20)12-3-2-11(14(15,16)17)6-10(12)7-18/h2-3,6,9,13,20H,4-5,8H2,1H3. The van der Waals surface area contributed by atoms with E-state index in [0.717, 1.165) is 12.1 Å². The normalized spacial score (nSPS) is 23.5. The first-order valence-electron chi connectivity index (χ1n) is 6.37. The van der Waals surface area contributed by atoms with Gasteiger partial charge in [-0.1, -0.05) is 6.92 Å². The molecule has 0 bridgehead atoms. The molecule has 1 fully saturated rings. The van der Waals surface area contributed by atoms with Crippen molar-refractivity contribution in [2.24, 2.45) is 5.92 Å². The lowest BCUT2D eigenvalue weighted by Gasteiger charge is -2.36. The summed E-state index contributed by atoms with van der Waals surface area (Å²) in [6.07, 6.45) is -4.30. The number of nitrogens with zero attached hydrogens (tertiary/aromatic N) is 2. The fraction of sp³-hybridized carbons (Fsp3) is 0.500. The Kier molecular flexibility index (Phi) is 3.91. The average molecular weight is 284 g/mol. The number of aliphatic hydroxyl groups excluding tert-OH is 1. The zero-order chi connectivity index (χ0) is 14.9. The first-order valence-corrected chi connectivity index (χ1v) is 6.37. The minimum Gasteiger partial charge on any atom is -0.393 e. The van der Waals surface area contributed by atoms with Crippen LogP contribution < -0.4 is 4.90 Å². The van der Waals surface area contributed by atoms with Gasteiger partial charge in [0.1, 0.15) is 6.07 Å². The monoisotopic (exact) mass is 284 g/mol. The van der Waals surface area contributed by atoms with Gasteiger partial charge in [0, 0.05) is 13.1 Å². The van der Waals surface area contributed by atoms with Crippen LogP contribution in [0.3, 0.4) is 0 Å². The van der Waals surface area contributed by atoms with Crippen molar-refractivity contribution >= 4 is 5.69 Å². The van der Waals surface area contributed by atoms with E-state index >= 15 is 0 Å². The fourth-order valence-corrected chi connectivity index (χ4v) is 2.43. The minimum absolute atomic E-state index is 0.0171. The van der Waals surface area contributed by atoms with E-state index in [2.05, 4.69) is 0 Å². The highest BCUT2D eigenvalue weighted by atomic mass is 19.4. The zero-order valence-electron chi connectivity index (χ0n) is 11.0. The molecule has 1 saturated heterocycles. The van der Waals surface area contributed by atoms with Crippen molar-refractivity contribution in [2.45, 2.75) is 25.6 Å². The molecule has 1 aliphatic rings. The highest BCUT2D eigenvalue weighted by Crippen LogP contribution is 2.33. The molecular formula is C14H15F3N2O. The van der Waals surface area contributed by atoms with Crippen LogP contribution >= 0.6 is 0 Å². The van der Waals surface area contributed by atoms with Gasteiger partial charge in [0.05, 0.1) is 22.9 Å². The highest BCUT2D eigenvalue weighted by molar-refractivity contribution is 5.61. The lowest BCUT2D eigenvalue weighted by Crippen LogP contribution is -2.42. The van der Waals surface area contributed by atoms with E-state index in [9.17, 15) is 18.3 Å². The van der Waals surface area contributed by atoms with Crippen molar-refractivity contribution in [1.82, 2.24) is 0 Å². The summed E-state index contributed by atoms with van der Waals surface area (Å²) in [5.74, 6) is 0.0255. The molecule has 2 atom stereocenters. The first-order chi connectivity index (χ1) is 9.32. The number of aliphatic hydroxyl groups is 1. The van der Waals surface area contributed by atoms with Gasteiger partial charge in [0.15, 0.2) is 0 Å². The highest BCUT2D eigenvalue weighted by Gasteiger charge is 2.32.